The van der Waals surface area contributed by atoms with E-state index in [-0.39, 0.29) is 36.4 Å². The Labute approximate surface area is 205 Å². The van der Waals surface area contributed by atoms with E-state index in [0.717, 1.165) is 36.8 Å². The van der Waals surface area contributed by atoms with E-state index in [1.54, 1.807) is 0 Å². The van der Waals surface area contributed by atoms with Crippen molar-refractivity contribution in [2.45, 2.75) is 62.9 Å². The molecule has 2 saturated carbocycles. The molecular weight excluding hydrogens is 444 g/mol. The van der Waals surface area contributed by atoms with Crippen molar-refractivity contribution >= 4 is 18.0 Å². The van der Waals surface area contributed by atoms with Crippen LogP contribution in [-0.2, 0) is 14.3 Å². The van der Waals surface area contributed by atoms with Crippen molar-refractivity contribution < 1.29 is 24.2 Å². The van der Waals surface area contributed by atoms with Crippen molar-refractivity contribution in [1.29, 1.82) is 0 Å². The number of hydrogen-bond donors (Lipinski definition) is 3. The number of benzene rings is 2. The second-order valence-electron chi connectivity index (χ2n) is 10.0. The van der Waals surface area contributed by atoms with Gasteiger partial charge in [0.15, 0.2) is 0 Å². The lowest BCUT2D eigenvalue weighted by Crippen LogP contribution is -2.48. The lowest BCUT2D eigenvalue weighted by Gasteiger charge is -2.29. The molecule has 2 aromatic rings. The first-order valence-electron chi connectivity index (χ1n) is 12.7. The van der Waals surface area contributed by atoms with E-state index in [1.165, 1.54) is 11.1 Å². The molecule has 2 amide bonds. The van der Waals surface area contributed by atoms with Crippen molar-refractivity contribution in [2.75, 3.05) is 6.61 Å². The van der Waals surface area contributed by atoms with Gasteiger partial charge in [0, 0.05) is 18.0 Å². The summed E-state index contributed by atoms with van der Waals surface area (Å²) >= 11 is 0. The summed E-state index contributed by atoms with van der Waals surface area (Å²) in [6.45, 7) is 0.238. The lowest BCUT2D eigenvalue weighted by atomic mass is 9.85. The van der Waals surface area contributed by atoms with E-state index >= 15 is 0 Å². The summed E-state index contributed by atoms with van der Waals surface area (Å²) < 4.78 is 5.67. The van der Waals surface area contributed by atoms with E-state index < -0.39 is 18.0 Å². The minimum absolute atomic E-state index is 0.00990. The number of nitrogens with one attached hydrogen (secondary N) is 2. The molecule has 7 heteroatoms. The number of carboxylic acids is 1. The van der Waals surface area contributed by atoms with E-state index in [9.17, 15) is 19.5 Å². The predicted octanol–water partition coefficient (Wildman–Crippen LogP) is 4.45. The predicted molar refractivity (Wildman–Crippen MR) is 131 cm³/mol. The molecule has 0 spiro atoms. The number of aliphatic carboxylic acids is 1. The highest BCUT2D eigenvalue weighted by molar-refractivity contribution is 5.81. The summed E-state index contributed by atoms with van der Waals surface area (Å²) in [5, 5.41) is 15.3. The van der Waals surface area contributed by atoms with Gasteiger partial charge in [0.05, 0.1) is 11.8 Å². The molecule has 0 heterocycles. The zero-order valence-corrected chi connectivity index (χ0v) is 19.7. The third-order valence-corrected chi connectivity index (χ3v) is 7.87. The summed E-state index contributed by atoms with van der Waals surface area (Å²) in [6.07, 6.45) is 4.52. The topological polar surface area (TPSA) is 105 Å². The van der Waals surface area contributed by atoms with Crippen LogP contribution < -0.4 is 10.6 Å². The normalized spacial score (nSPS) is 25.4. The Bertz CT molecular complexity index is 1070. The summed E-state index contributed by atoms with van der Waals surface area (Å²) in [5.74, 6) is -1.61. The van der Waals surface area contributed by atoms with E-state index in [1.807, 2.05) is 24.3 Å². The number of fused-ring (bicyclic) bond motifs is 3. The summed E-state index contributed by atoms with van der Waals surface area (Å²) in [5.41, 5.74) is 4.67. The van der Waals surface area contributed by atoms with Crippen LogP contribution in [0.25, 0.3) is 11.1 Å². The van der Waals surface area contributed by atoms with Gasteiger partial charge in [-0.2, -0.15) is 0 Å². The zero-order chi connectivity index (χ0) is 24.4. The monoisotopic (exact) mass is 476 g/mol. The van der Waals surface area contributed by atoms with Crippen LogP contribution in [0.4, 0.5) is 4.79 Å². The number of carboxylic acid groups (broad SMARTS) is 1. The molecule has 4 unspecified atom stereocenters. The molecule has 0 saturated heterocycles. The maximum Gasteiger partial charge on any atom is 0.407 e. The van der Waals surface area contributed by atoms with Crippen LogP contribution in [0.2, 0.25) is 0 Å². The SMILES string of the molecule is O=C(NC1CCCC1C(=O)NC1CCCC(C(=O)O)C1)OCC1c2ccccc2-c2ccccc21. The zero-order valence-electron chi connectivity index (χ0n) is 19.7. The Morgan fingerprint density at radius 2 is 1.51 bits per heavy atom. The van der Waals surface area contributed by atoms with Gasteiger partial charge in [-0.3, -0.25) is 9.59 Å². The van der Waals surface area contributed by atoms with Crippen LogP contribution in [0.3, 0.4) is 0 Å². The summed E-state index contributed by atoms with van der Waals surface area (Å²) in [4.78, 5) is 37.0. The fraction of sp³-hybridized carbons (Fsp3) is 0.464. The first kappa shape index (κ1) is 23.4. The molecule has 4 atom stereocenters. The second kappa shape index (κ2) is 10.1. The molecule has 3 N–H and O–H groups in total. The smallest absolute Gasteiger partial charge is 0.407 e. The molecule has 2 aromatic carbocycles. The maximum absolute atomic E-state index is 13.0. The largest absolute Gasteiger partial charge is 0.481 e. The summed E-state index contributed by atoms with van der Waals surface area (Å²) in [6, 6.07) is 16.0. The minimum atomic E-state index is -0.792. The van der Waals surface area contributed by atoms with Crippen molar-refractivity contribution in [3.63, 3.8) is 0 Å². The van der Waals surface area contributed by atoms with Gasteiger partial charge in [-0.1, -0.05) is 61.4 Å². The van der Waals surface area contributed by atoms with Gasteiger partial charge in [0.25, 0.3) is 0 Å². The Kier molecular flexibility index (Phi) is 6.75. The van der Waals surface area contributed by atoms with Crippen molar-refractivity contribution in [3.05, 3.63) is 59.7 Å². The molecule has 2 fully saturated rings. The number of carbonyl (C=O) groups excluding carboxylic acids is 2. The van der Waals surface area contributed by atoms with Crippen LogP contribution in [-0.4, -0.2) is 41.8 Å². The molecule has 0 radical (unpaired) electrons. The Balaban J connectivity index is 1.17. The number of amides is 2. The third-order valence-electron chi connectivity index (χ3n) is 7.87. The highest BCUT2D eigenvalue weighted by atomic mass is 16.5. The van der Waals surface area contributed by atoms with E-state index in [4.69, 9.17) is 4.74 Å². The van der Waals surface area contributed by atoms with Crippen LogP contribution in [0.1, 0.15) is 62.0 Å². The van der Waals surface area contributed by atoms with E-state index in [0.29, 0.717) is 19.3 Å². The van der Waals surface area contributed by atoms with Crippen LogP contribution in [0, 0.1) is 11.8 Å². The van der Waals surface area contributed by atoms with Gasteiger partial charge >= 0.3 is 12.1 Å². The molecule has 7 nitrogen and oxygen atoms in total. The Morgan fingerprint density at radius 1 is 0.857 bits per heavy atom. The molecular formula is C28H32N2O5. The van der Waals surface area contributed by atoms with Crippen molar-refractivity contribution in [2.24, 2.45) is 11.8 Å². The molecule has 35 heavy (non-hydrogen) atoms. The van der Waals surface area contributed by atoms with Crippen LogP contribution >= 0.6 is 0 Å². The quantitative estimate of drug-likeness (QED) is 0.571. The van der Waals surface area contributed by atoms with Crippen LogP contribution in [0.15, 0.2) is 48.5 Å². The fourth-order valence-electron chi connectivity index (χ4n) is 6.09. The maximum atomic E-state index is 13.0. The van der Waals surface area contributed by atoms with Crippen LogP contribution in [0.5, 0.6) is 0 Å². The molecule has 184 valence electrons. The van der Waals surface area contributed by atoms with Gasteiger partial charge in [-0.25, -0.2) is 4.79 Å². The highest BCUT2D eigenvalue weighted by Gasteiger charge is 2.37. The molecule has 0 aliphatic heterocycles. The number of alkyl carbamates (subject to hydrolysis) is 1. The van der Waals surface area contributed by atoms with Gasteiger partial charge in [0.1, 0.15) is 6.61 Å². The third kappa shape index (κ3) is 4.90. The second-order valence-corrected chi connectivity index (χ2v) is 10.0. The molecule has 0 aromatic heterocycles. The van der Waals surface area contributed by atoms with Gasteiger partial charge in [-0.05, 0) is 54.4 Å². The van der Waals surface area contributed by atoms with Crippen molar-refractivity contribution in [1.82, 2.24) is 10.6 Å². The lowest BCUT2D eigenvalue weighted by molar-refractivity contribution is -0.143. The number of rotatable bonds is 6. The molecule has 0 bridgehead atoms. The number of carbonyl (C=O) groups is 3. The molecule has 3 aliphatic rings. The van der Waals surface area contributed by atoms with Gasteiger partial charge in [-0.15, -0.1) is 0 Å². The number of hydrogen-bond acceptors (Lipinski definition) is 4. The van der Waals surface area contributed by atoms with Crippen molar-refractivity contribution in [3.8, 4) is 11.1 Å². The standard InChI is InChI=1S/C28H32N2O5/c31-26(29-18-8-5-7-17(15-18)27(32)33)23-13-6-14-25(23)30-28(34)35-16-24-21-11-3-1-9-19(21)20-10-2-4-12-22(20)24/h1-4,9-12,17-18,23-25H,5-8,13-16H2,(H,29,31)(H,30,34)(H,32,33). The van der Waals surface area contributed by atoms with E-state index in [2.05, 4.69) is 34.9 Å². The molecule has 3 aliphatic carbocycles. The minimum Gasteiger partial charge on any atom is -0.481 e. The first-order valence-corrected chi connectivity index (χ1v) is 12.7. The average molecular weight is 477 g/mol. The molecule has 5 rings (SSSR count). The van der Waals surface area contributed by atoms with Gasteiger partial charge < -0.3 is 20.5 Å². The Morgan fingerprint density at radius 3 is 2.20 bits per heavy atom. The number of ether oxygens (including phenoxy) is 1. The average Bonchev–Trinajstić information content (AvgIpc) is 3.45. The first-order chi connectivity index (χ1) is 17.0. The highest BCUT2D eigenvalue weighted by Crippen LogP contribution is 2.44. The summed E-state index contributed by atoms with van der Waals surface area (Å²) in [7, 11) is 0. The fourth-order valence-corrected chi connectivity index (χ4v) is 6.09. The van der Waals surface area contributed by atoms with Gasteiger partial charge in [0.2, 0.25) is 5.91 Å². The Hall–Kier alpha value is -3.35.